The molecule has 4 nitrogen and oxygen atoms in total. The average Bonchev–Trinajstić information content (AvgIpc) is 2.45. The molecule has 1 rings (SSSR count). The number of nitrogens with one attached hydrogen (secondary N) is 2. The van der Waals surface area contributed by atoms with E-state index < -0.39 is 0 Å². The fraction of sp³-hybridized carbons (Fsp3) is 0.562. The van der Waals surface area contributed by atoms with Crippen LogP contribution in [-0.2, 0) is 6.54 Å². The number of aliphatic imine (C=N–C) groups is 1. The van der Waals surface area contributed by atoms with Crippen LogP contribution in [0.3, 0.4) is 0 Å². The van der Waals surface area contributed by atoms with Crippen LogP contribution in [0.25, 0.3) is 0 Å². The van der Waals surface area contributed by atoms with E-state index >= 15 is 0 Å². The molecule has 0 amide bonds. The zero-order valence-corrected chi connectivity index (χ0v) is 15.8. The minimum Gasteiger partial charge on any atom is -0.357 e. The molecule has 0 radical (unpaired) electrons. The van der Waals surface area contributed by atoms with E-state index in [4.69, 9.17) is 0 Å². The molecule has 1 aromatic rings. The molecular formula is C16H29IN4. The van der Waals surface area contributed by atoms with Gasteiger partial charge in [0.25, 0.3) is 0 Å². The van der Waals surface area contributed by atoms with E-state index in [1.54, 1.807) is 0 Å². The van der Waals surface area contributed by atoms with Crippen LogP contribution in [0.1, 0.15) is 25.8 Å². The van der Waals surface area contributed by atoms with Crippen LogP contribution in [-0.4, -0.2) is 44.1 Å². The van der Waals surface area contributed by atoms with Gasteiger partial charge in [0.05, 0.1) is 0 Å². The molecule has 5 heteroatoms. The summed E-state index contributed by atoms with van der Waals surface area (Å²) in [6.45, 7) is 8.87. The van der Waals surface area contributed by atoms with Gasteiger partial charge in [0.2, 0.25) is 0 Å². The predicted molar refractivity (Wildman–Crippen MR) is 102 cm³/mol. The monoisotopic (exact) mass is 404 g/mol. The Morgan fingerprint density at radius 1 is 1.14 bits per heavy atom. The van der Waals surface area contributed by atoms with E-state index in [0.717, 1.165) is 45.1 Å². The third kappa shape index (κ3) is 9.68. The molecule has 0 bridgehead atoms. The zero-order valence-electron chi connectivity index (χ0n) is 13.4. The molecule has 0 aliphatic heterocycles. The SMILES string of the molecule is CCCN=C(NCC)NCCN(C)Cc1ccccc1.I. The maximum absolute atomic E-state index is 4.49. The van der Waals surface area contributed by atoms with Crippen molar-refractivity contribution < 1.29 is 0 Å². The second-order valence-electron chi connectivity index (χ2n) is 4.91. The quantitative estimate of drug-likeness (QED) is 0.398. The number of likely N-dealkylation sites (N-methyl/N-ethyl adjacent to an activating group) is 1. The van der Waals surface area contributed by atoms with Gasteiger partial charge in [0, 0.05) is 32.7 Å². The maximum Gasteiger partial charge on any atom is 0.191 e. The van der Waals surface area contributed by atoms with E-state index in [1.807, 2.05) is 0 Å². The Morgan fingerprint density at radius 2 is 1.86 bits per heavy atom. The van der Waals surface area contributed by atoms with Crippen molar-refractivity contribution in [1.82, 2.24) is 15.5 Å². The summed E-state index contributed by atoms with van der Waals surface area (Å²) >= 11 is 0. The van der Waals surface area contributed by atoms with Crippen LogP contribution >= 0.6 is 24.0 Å². The lowest BCUT2D eigenvalue weighted by Crippen LogP contribution is -2.40. The molecule has 0 saturated heterocycles. The Kier molecular flexibility index (Phi) is 12.4. The first-order valence-electron chi connectivity index (χ1n) is 7.51. The van der Waals surface area contributed by atoms with E-state index in [-0.39, 0.29) is 24.0 Å². The highest BCUT2D eigenvalue weighted by molar-refractivity contribution is 14.0. The largest absolute Gasteiger partial charge is 0.357 e. The number of nitrogens with zero attached hydrogens (tertiary/aromatic N) is 2. The smallest absolute Gasteiger partial charge is 0.191 e. The summed E-state index contributed by atoms with van der Waals surface area (Å²) < 4.78 is 0. The topological polar surface area (TPSA) is 39.7 Å². The van der Waals surface area contributed by atoms with Crippen molar-refractivity contribution in [3.05, 3.63) is 35.9 Å². The third-order valence-corrected chi connectivity index (χ3v) is 2.92. The van der Waals surface area contributed by atoms with Gasteiger partial charge in [0.15, 0.2) is 5.96 Å². The number of hydrogen-bond donors (Lipinski definition) is 2. The van der Waals surface area contributed by atoms with Gasteiger partial charge >= 0.3 is 0 Å². The summed E-state index contributed by atoms with van der Waals surface area (Å²) in [5, 5.41) is 6.63. The van der Waals surface area contributed by atoms with Crippen LogP contribution in [0.5, 0.6) is 0 Å². The predicted octanol–water partition coefficient (Wildman–Crippen LogP) is 2.70. The standard InChI is InChI=1S/C16H28N4.HI/c1-4-11-18-16(17-5-2)19-12-13-20(3)14-15-9-7-6-8-10-15;/h6-10H,4-5,11-14H2,1-3H3,(H2,17,18,19);1H. The summed E-state index contributed by atoms with van der Waals surface area (Å²) in [4.78, 5) is 6.80. The Hall–Kier alpha value is -0.820. The lowest BCUT2D eigenvalue weighted by Gasteiger charge is -2.18. The Bertz CT molecular complexity index is 381. The summed E-state index contributed by atoms with van der Waals surface area (Å²) in [7, 11) is 2.14. The first kappa shape index (κ1) is 20.2. The van der Waals surface area contributed by atoms with E-state index in [1.165, 1.54) is 5.56 Å². The van der Waals surface area contributed by atoms with Crippen molar-refractivity contribution in [3.8, 4) is 0 Å². The normalized spacial score (nSPS) is 11.1. The van der Waals surface area contributed by atoms with Gasteiger partial charge < -0.3 is 15.5 Å². The molecule has 2 N–H and O–H groups in total. The van der Waals surface area contributed by atoms with Crippen molar-refractivity contribution in [3.63, 3.8) is 0 Å². The molecule has 0 aromatic heterocycles. The Labute approximate surface area is 146 Å². The highest BCUT2D eigenvalue weighted by atomic mass is 127. The molecule has 0 saturated carbocycles. The number of benzene rings is 1. The van der Waals surface area contributed by atoms with Crippen LogP contribution in [0.4, 0.5) is 0 Å². The number of hydrogen-bond acceptors (Lipinski definition) is 2. The van der Waals surface area contributed by atoms with Crippen molar-refractivity contribution >= 4 is 29.9 Å². The van der Waals surface area contributed by atoms with Crippen molar-refractivity contribution in [1.29, 1.82) is 0 Å². The van der Waals surface area contributed by atoms with E-state index in [0.29, 0.717) is 0 Å². The lowest BCUT2D eigenvalue weighted by molar-refractivity contribution is 0.331. The second-order valence-corrected chi connectivity index (χ2v) is 4.91. The van der Waals surface area contributed by atoms with Crippen molar-refractivity contribution in [2.24, 2.45) is 4.99 Å². The van der Waals surface area contributed by atoms with Gasteiger partial charge in [-0.05, 0) is 26.0 Å². The minimum atomic E-state index is 0. The highest BCUT2D eigenvalue weighted by Crippen LogP contribution is 2.01. The first-order chi connectivity index (χ1) is 9.76. The average molecular weight is 404 g/mol. The number of halogens is 1. The van der Waals surface area contributed by atoms with Gasteiger partial charge in [-0.25, -0.2) is 0 Å². The van der Waals surface area contributed by atoms with Gasteiger partial charge in [-0.15, -0.1) is 24.0 Å². The third-order valence-electron chi connectivity index (χ3n) is 2.92. The molecule has 0 aliphatic rings. The zero-order chi connectivity index (χ0) is 14.6. The van der Waals surface area contributed by atoms with E-state index in [2.05, 4.69) is 71.8 Å². The van der Waals surface area contributed by atoms with E-state index in [9.17, 15) is 0 Å². The fourth-order valence-electron chi connectivity index (χ4n) is 1.90. The number of rotatable bonds is 8. The minimum absolute atomic E-state index is 0. The second kappa shape index (κ2) is 12.9. The lowest BCUT2D eigenvalue weighted by atomic mass is 10.2. The molecule has 120 valence electrons. The molecule has 0 fully saturated rings. The van der Waals surface area contributed by atoms with Crippen molar-refractivity contribution in [2.45, 2.75) is 26.8 Å². The molecule has 0 unspecified atom stereocenters. The highest BCUT2D eigenvalue weighted by Gasteiger charge is 2.01. The van der Waals surface area contributed by atoms with Crippen molar-refractivity contribution in [2.75, 3.05) is 33.2 Å². The van der Waals surface area contributed by atoms with Gasteiger partial charge in [0.1, 0.15) is 0 Å². The van der Waals surface area contributed by atoms with Crippen LogP contribution in [0, 0.1) is 0 Å². The van der Waals surface area contributed by atoms with Gasteiger partial charge in [-0.2, -0.15) is 0 Å². The summed E-state index contributed by atoms with van der Waals surface area (Å²) in [6, 6.07) is 10.6. The summed E-state index contributed by atoms with van der Waals surface area (Å²) in [5.41, 5.74) is 1.35. The maximum atomic E-state index is 4.49. The number of guanidine groups is 1. The molecule has 0 heterocycles. The molecule has 1 aromatic carbocycles. The molecule has 21 heavy (non-hydrogen) atoms. The molecule has 0 aliphatic carbocycles. The fourth-order valence-corrected chi connectivity index (χ4v) is 1.90. The molecule has 0 spiro atoms. The van der Waals surface area contributed by atoms with Crippen LogP contribution < -0.4 is 10.6 Å². The Balaban J connectivity index is 0.00000400. The molecule has 0 atom stereocenters. The van der Waals surface area contributed by atoms with Crippen LogP contribution in [0.2, 0.25) is 0 Å². The Morgan fingerprint density at radius 3 is 2.48 bits per heavy atom. The summed E-state index contributed by atoms with van der Waals surface area (Å²) in [5.74, 6) is 0.919. The van der Waals surface area contributed by atoms with Gasteiger partial charge in [-0.3, -0.25) is 4.99 Å². The first-order valence-corrected chi connectivity index (χ1v) is 7.51. The van der Waals surface area contributed by atoms with Gasteiger partial charge in [-0.1, -0.05) is 37.3 Å². The molecular weight excluding hydrogens is 375 g/mol. The summed E-state index contributed by atoms with van der Waals surface area (Å²) in [6.07, 6.45) is 1.07. The van der Waals surface area contributed by atoms with Crippen LogP contribution in [0.15, 0.2) is 35.3 Å².